The first kappa shape index (κ1) is 24.3. The number of rotatable bonds is 9. The van der Waals surface area contributed by atoms with Crippen LogP contribution in [0.4, 0.5) is 5.82 Å². The van der Waals surface area contributed by atoms with Crippen LogP contribution in [0.15, 0.2) is 42.7 Å². The molecule has 2 N–H and O–H groups in total. The van der Waals surface area contributed by atoms with Crippen molar-refractivity contribution >= 4 is 56.4 Å². The summed E-state index contributed by atoms with van der Waals surface area (Å²) >= 11 is 14.5. The van der Waals surface area contributed by atoms with Crippen LogP contribution in [0, 0.1) is 6.92 Å². The van der Waals surface area contributed by atoms with Gasteiger partial charge in [-0.2, -0.15) is 0 Å². The van der Waals surface area contributed by atoms with Gasteiger partial charge in [0.25, 0.3) is 0 Å². The van der Waals surface area contributed by atoms with Crippen LogP contribution in [0.5, 0.6) is 5.75 Å². The molecule has 0 amide bonds. The third-order valence-corrected chi connectivity index (χ3v) is 7.28. The number of hydrogen-bond donors (Lipinski definition) is 2. The van der Waals surface area contributed by atoms with E-state index in [-0.39, 0.29) is 5.56 Å². The molecule has 176 valence electrons. The maximum atomic E-state index is 11.5. The van der Waals surface area contributed by atoms with E-state index in [0.717, 1.165) is 28.5 Å². The van der Waals surface area contributed by atoms with Crippen molar-refractivity contribution in [3.05, 3.63) is 68.8 Å². The molecule has 34 heavy (non-hydrogen) atoms. The topological polar surface area (TPSA) is 84.3 Å². The second-order valence-electron chi connectivity index (χ2n) is 7.70. The van der Waals surface area contributed by atoms with E-state index in [1.807, 2.05) is 25.1 Å². The first-order valence-electron chi connectivity index (χ1n) is 10.8. The quantitative estimate of drug-likeness (QED) is 0.247. The van der Waals surface area contributed by atoms with Crippen LogP contribution in [0.2, 0.25) is 10.0 Å². The Morgan fingerprint density at radius 1 is 1.15 bits per heavy atom. The van der Waals surface area contributed by atoms with Crippen molar-refractivity contribution in [2.45, 2.75) is 26.7 Å². The molecular weight excluding hydrogens is 493 g/mol. The van der Waals surface area contributed by atoms with Crippen molar-refractivity contribution in [1.82, 2.24) is 9.97 Å². The summed E-state index contributed by atoms with van der Waals surface area (Å²) in [4.78, 5) is 21.4. The van der Waals surface area contributed by atoms with E-state index in [0.29, 0.717) is 40.5 Å². The molecule has 0 aliphatic heterocycles. The zero-order valence-corrected chi connectivity index (χ0v) is 21.0. The zero-order valence-electron chi connectivity index (χ0n) is 18.7. The average Bonchev–Trinajstić information content (AvgIpc) is 3.17. The smallest absolute Gasteiger partial charge is 0.339 e. The lowest BCUT2D eigenvalue weighted by Crippen LogP contribution is -2.07. The standard InChI is InChI=1S/C25H23Cl2N3O3S/c1-3-10-33-21-11-15(4-5-17(21)25(31)32)20-12-22(30-13-29-20)28-9-8-16-14(2)34-24-19(27)7-6-18(26)23(16)24/h4-7,11-13H,3,8-10H2,1-2H3,(H,31,32)(H,28,29,30). The van der Waals surface area contributed by atoms with E-state index in [1.54, 1.807) is 23.5 Å². The number of halogens is 2. The summed E-state index contributed by atoms with van der Waals surface area (Å²) in [6.45, 7) is 5.13. The van der Waals surface area contributed by atoms with Crippen molar-refractivity contribution < 1.29 is 14.6 Å². The predicted molar refractivity (Wildman–Crippen MR) is 139 cm³/mol. The fraction of sp³-hybridized carbons (Fsp3) is 0.240. The minimum atomic E-state index is -1.03. The lowest BCUT2D eigenvalue weighted by Gasteiger charge is -2.11. The number of fused-ring (bicyclic) bond motifs is 1. The Hall–Kier alpha value is -2.87. The molecule has 2 aromatic carbocycles. The number of benzene rings is 2. The van der Waals surface area contributed by atoms with Crippen LogP contribution in [0.1, 0.15) is 34.1 Å². The van der Waals surface area contributed by atoms with E-state index in [9.17, 15) is 9.90 Å². The highest BCUT2D eigenvalue weighted by molar-refractivity contribution is 7.20. The van der Waals surface area contributed by atoms with Crippen molar-refractivity contribution in [2.24, 2.45) is 0 Å². The molecule has 0 bridgehead atoms. The van der Waals surface area contributed by atoms with Crippen LogP contribution in [0.3, 0.4) is 0 Å². The number of carbonyl (C=O) groups is 1. The summed E-state index contributed by atoms with van der Waals surface area (Å²) in [6.07, 6.45) is 3.02. The van der Waals surface area contributed by atoms with Crippen molar-refractivity contribution in [1.29, 1.82) is 0 Å². The van der Waals surface area contributed by atoms with Gasteiger partial charge in [-0.05, 0) is 49.6 Å². The van der Waals surface area contributed by atoms with E-state index in [1.165, 1.54) is 22.8 Å². The van der Waals surface area contributed by atoms with E-state index >= 15 is 0 Å². The Bertz CT molecular complexity index is 1360. The minimum absolute atomic E-state index is 0.127. The van der Waals surface area contributed by atoms with Crippen LogP contribution in [-0.4, -0.2) is 34.2 Å². The Morgan fingerprint density at radius 2 is 1.94 bits per heavy atom. The van der Waals surface area contributed by atoms with E-state index in [4.69, 9.17) is 27.9 Å². The molecule has 2 heterocycles. The number of aromatic nitrogens is 2. The molecule has 0 unspecified atom stereocenters. The fourth-order valence-corrected chi connectivity index (χ4v) is 5.46. The molecule has 0 aliphatic carbocycles. The molecule has 0 radical (unpaired) electrons. The van der Waals surface area contributed by atoms with Gasteiger partial charge in [0.1, 0.15) is 23.5 Å². The Kier molecular flexibility index (Phi) is 7.56. The lowest BCUT2D eigenvalue weighted by molar-refractivity contribution is 0.0692. The largest absolute Gasteiger partial charge is 0.493 e. The summed E-state index contributed by atoms with van der Waals surface area (Å²) in [7, 11) is 0. The van der Waals surface area contributed by atoms with Crippen molar-refractivity contribution in [3.63, 3.8) is 0 Å². The molecule has 4 rings (SSSR count). The molecule has 2 aromatic heterocycles. The molecular formula is C25H23Cl2N3O3S. The average molecular weight is 516 g/mol. The number of thiophene rings is 1. The number of anilines is 1. The summed E-state index contributed by atoms with van der Waals surface area (Å²) < 4.78 is 6.66. The summed E-state index contributed by atoms with van der Waals surface area (Å²) in [5.41, 5.74) is 2.73. The minimum Gasteiger partial charge on any atom is -0.493 e. The molecule has 0 fully saturated rings. The number of aromatic carboxylic acids is 1. The number of carboxylic acids is 1. The fourth-order valence-electron chi connectivity index (χ4n) is 3.72. The second-order valence-corrected chi connectivity index (χ2v) is 9.74. The Labute approximate surface area is 211 Å². The summed E-state index contributed by atoms with van der Waals surface area (Å²) in [5.74, 6) is -0.0275. The third-order valence-electron chi connectivity index (χ3n) is 5.36. The molecule has 0 atom stereocenters. The van der Waals surface area contributed by atoms with Gasteiger partial charge in [0, 0.05) is 33.5 Å². The van der Waals surface area contributed by atoms with Gasteiger partial charge in [-0.1, -0.05) is 36.2 Å². The monoisotopic (exact) mass is 515 g/mol. The van der Waals surface area contributed by atoms with Gasteiger partial charge in [0.2, 0.25) is 0 Å². The Morgan fingerprint density at radius 3 is 2.71 bits per heavy atom. The molecule has 6 nitrogen and oxygen atoms in total. The first-order valence-corrected chi connectivity index (χ1v) is 12.4. The molecule has 0 spiro atoms. The number of carboxylic acid groups (broad SMARTS) is 1. The highest BCUT2D eigenvalue weighted by Crippen LogP contribution is 2.40. The molecule has 9 heteroatoms. The van der Waals surface area contributed by atoms with Gasteiger partial charge in [0.15, 0.2) is 0 Å². The second kappa shape index (κ2) is 10.6. The maximum absolute atomic E-state index is 11.5. The molecule has 0 saturated heterocycles. The lowest BCUT2D eigenvalue weighted by atomic mass is 10.1. The highest BCUT2D eigenvalue weighted by atomic mass is 35.5. The summed E-state index contributed by atoms with van der Waals surface area (Å²) in [6, 6.07) is 10.5. The summed E-state index contributed by atoms with van der Waals surface area (Å²) in [5, 5.41) is 15.2. The predicted octanol–water partition coefficient (Wildman–Crippen LogP) is 7.12. The number of ether oxygens (including phenoxy) is 1. The normalized spacial score (nSPS) is 11.1. The van der Waals surface area contributed by atoms with Crippen LogP contribution in [-0.2, 0) is 6.42 Å². The van der Waals surface area contributed by atoms with Crippen molar-refractivity contribution in [3.8, 4) is 17.0 Å². The highest BCUT2D eigenvalue weighted by Gasteiger charge is 2.16. The van der Waals surface area contributed by atoms with Crippen molar-refractivity contribution in [2.75, 3.05) is 18.5 Å². The third kappa shape index (κ3) is 5.12. The Balaban J connectivity index is 1.52. The molecule has 0 saturated carbocycles. The van der Waals surface area contributed by atoms with Crippen LogP contribution >= 0.6 is 34.5 Å². The maximum Gasteiger partial charge on any atom is 0.339 e. The van der Waals surface area contributed by atoms with E-state index in [2.05, 4.69) is 22.2 Å². The number of hydrogen-bond acceptors (Lipinski definition) is 6. The van der Waals surface area contributed by atoms with E-state index < -0.39 is 5.97 Å². The van der Waals surface area contributed by atoms with Gasteiger partial charge in [0.05, 0.1) is 22.0 Å². The van der Waals surface area contributed by atoms with Gasteiger partial charge in [-0.25, -0.2) is 14.8 Å². The molecule has 4 aromatic rings. The van der Waals surface area contributed by atoms with Gasteiger partial charge < -0.3 is 15.2 Å². The van der Waals surface area contributed by atoms with Crippen LogP contribution in [0.25, 0.3) is 21.3 Å². The molecule has 0 aliphatic rings. The SMILES string of the molecule is CCCOc1cc(-c2cc(NCCc3c(C)sc4c(Cl)ccc(Cl)c34)ncn2)ccc1C(=O)O. The van der Waals surface area contributed by atoms with Gasteiger partial charge in [-0.3, -0.25) is 0 Å². The zero-order chi connectivity index (χ0) is 24.2. The number of nitrogens with zero attached hydrogens (tertiary/aromatic N) is 2. The number of aryl methyl sites for hydroxylation is 1. The van der Waals surface area contributed by atoms with Gasteiger partial charge in [-0.15, -0.1) is 11.3 Å². The number of nitrogens with one attached hydrogen (secondary N) is 1. The first-order chi connectivity index (χ1) is 16.4. The van der Waals surface area contributed by atoms with Gasteiger partial charge >= 0.3 is 5.97 Å². The van der Waals surface area contributed by atoms with Crippen LogP contribution < -0.4 is 10.1 Å².